The summed E-state index contributed by atoms with van der Waals surface area (Å²) in [5.41, 5.74) is 6.06. The highest BCUT2D eigenvalue weighted by atomic mass is 79.9. The maximum atomic E-state index is 12.9. The molecule has 0 amide bonds. The molecule has 0 aliphatic rings. The molecular weight excluding hydrogens is 310 g/mol. The van der Waals surface area contributed by atoms with Crippen molar-refractivity contribution in [1.82, 2.24) is 4.98 Å². The molecule has 1 aromatic carbocycles. The summed E-state index contributed by atoms with van der Waals surface area (Å²) in [6.45, 7) is 0. The van der Waals surface area contributed by atoms with E-state index in [0.29, 0.717) is 21.8 Å². The van der Waals surface area contributed by atoms with Crippen LogP contribution < -0.4 is 10.5 Å². The Morgan fingerprint density at radius 1 is 1.35 bits per heavy atom. The van der Waals surface area contributed by atoms with E-state index in [9.17, 15) is 4.39 Å². The van der Waals surface area contributed by atoms with Gasteiger partial charge in [0, 0.05) is 6.07 Å². The van der Waals surface area contributed by atoms with Crippen molar-refractivity contribution in [3.05, 3.63) is 45.8 Å². The highest BCUT2D eigenvalue weighted by Crippen LogP contribution is 2.30. The first kappa shape index (κ1) is 12.1. The molecule has 0 atom stereocenters. The number of halogens is 3. The molecule has 1 aromatic heterocycles. The van der Waals surface area contributed by atoms with Crippen LogP contribution in [0.3, 0.4) is 0 Å². The zero-order valence-corrected chi connectivity index (χ0v) is 10.8. The lowest BCUT2D eigenvalue weighted by molar-refractivity contribution is 0.458. The number of nitrogen functional groups attached to an aromatic ring is 1. The Morgan fingerprint density at radius 3 is 2.76 bits per heavy atom. The molecule has 0 aliphatic heterocycles. The largest absolute Gasteiger partial charge is 0.438 e. The predicted octanol–water partition coefficient (Wildman–Crippen LogP) is 4.01. The Kier molecular flexibility index (Phi) is 3.49. The lowest BCUT2D eigenvalue weighted by atomic mass is 10.3. The topological polar surface area (TPSA) is 48.1 Å². The number of nitrogens with zero attached hydrogens (tertiary/aromatic N) is 1. The minimum Gasteiger partial charge on any atom is -0.438 e. The van der Waals surface area contributed by atoms with Gasteiger partial charge in [-0.05, 0) is 34.1 Å². The molecule has 3 nitrogen and oxygen atoms in total. The van der Waals surface area contributed by atoms with Crippen molar-refractivity contribution in [2.24, 2.45) is 0 Å². The average Bonchev–Trinajstić information content (AvgIpc) is 2.27. The Morgan fingerprint density at radius 2 is 2.12 bits per heavy atom. The molecule has 6 heteroatoms. The second kappa shape index (κ2) is 4.89. The molecule has 2 N–H and O–H groups in total. The van der Waals surface area contributed by atoms with Crippen LogP contribution in [0, 0.1) is 5.82 Å². The third-order valence-corrected chi connectivity index (χ3v) is 2.79. The fourth-order valence-electron chi connectivity index (χ4n) is 1.17. The monoisotopic (exact) mass is 316 g/mol. The summed E-state index contributed by atoms with van der Waals surface area (Å²) < 4.78 is 19.0. The minimum atomic E-state index is -0.497. The minimum absolute atomic E-state index is 0.00549. The van der Waals surface area contributed by atoms with Gasteiger partial charge in [-0.3, -0.25) is 0 Å². The molecule has 0 saturated heterocycles. The number of hydrogen-bond acceptors (Lipinski definition) is 3. The highest BCUT2D eigenvalue weighted by Gasteiger charge is 2.07. The molecule has 0 unspecified atom stereocenters. The number of benzene rings is 1. The van der Waals surface area contributed by atoms with Crippen LogP contribution in [0.1, 0.15) is 0 Å². The third-order valence-electron chi connectivity index (χ3n) is 1.93. The summed E-state index contributed by atoms with van der Waals surface area (Å²) >= 11 is 8.90. The van der Waals surface area contributed by atoms with Crippen molar-refractivity contribution >= 4 is 33.2 Å². The Balaban J connectivity index is 2.28. The summed E-state index contributed by atoms with van der Waals surface area (Å²) in [5, 5.41) is -0.00549. The van der Waals surface area contributed by atoms with Crippen LogP contribution in [-0.2, 0) is 0 Å². The third kappa shape index (κ3) is 2.87. The maximum Gasteiger partial charge on any atom is 0.233 e. The van der Waals surface area contributed by atoms with Crippen LogP contribution in [-0.4, -0.2) is 4.98 Å². The first-order chi connectivity index (χ1) is 8.06. The average molecular weight is 318 g/mol. The van der Waals surface area contributed by atoms with E-state index in [0.717, 1.165) is 0 Å². The van der Waals surface area contributed by atoms with Gasteiger partial charge < -0.3 is 10.5 Å². The van der Waals surface area contributed by atoms with Gasteiger partial charge in [0.1, 0.15) is 11.6 Å². The molecule has 0 spiro atoms. The van der Waals surface area contributed by atoms with Gasteiger partial charge in [0.15, 0.2) is 0 Å². The smallest absolute Gasteiger partial charge is 0.233 e. The van der Waals surface area contributed by atoms with Gasteiger partial charge in [-0.1, -0.05) is 11.6 Å². The standard InChI is InChI=1S/C11H7BrClFN2O/c12-8-3-6(15)5-16-11(8)17-7-1-2-10(14)9(13)4-7/h1-5H,15H2. The molecule has 0 bridgehead atoms. The second-order valence-corrected chi connectivity index (χ2v) is 4.50. The van der Waals surface area contributed by atoms with Crippen molar-refractivity contribution in [3.63, 3.8) is 0 Å². The van der Waals surface area contributed by atoms with Gasteiger partial charge in [-0.25, -0.2) is 9.37 Å². The Hall–Kier alpha value is -1.33. The van der Waals surface area contributed by atoms with Crippen LogP contribution in [0.2, 0.25) is 5.02 Å². The molecular formula is C11H7BrClFN2O. The number of hydrogen-bond donors (Lipinski definition) is 1. The van der Waals surface area contributed by atoms with Crippen LogP contribution in [0.4, 0.5) is 10.1 Å². The molecule has 88 valence electrons. The van der Waals surface area contributed by atoms with Crippen molar-refractivity contribution in [2.45, 2.75) is 0 Å². The van der Waals surface area contributed by atoms with E-state index in [1.165, 1.54) is 24.4 Å². The summed E-state index contributed by atoms with van der Waals surface area (Å²) in [6.07, 6.45) is 1.46. The molecule has 0 aliphatic carbocycles. The first-order valence-corrected chi connectivity index (χ1v) is 5.77. The van der Waals surface area contributed by atoms with Crippen molar-refractivity contribution in [3.8, 4) is 11.6 Å². The second-order valence-electron chi connectivity index (χ2n) is 3.23. The van der Waals surface area contributed by atoms with E-state index in [2.05, 4.69) is 20.9 Å². The summed E-state index contributed by atoms with van der Waals surface area (Å²) in [6, 6.07) is 5.73. The molecule has 0 radical (unpaired) electrons. The van der Waals surface area contributed by atoms with Gasteiger partial charge in [0.25, 0.3) is 0 Å². The Bertz CT molecular complexity index is 565. The molecule has 0 fully saturated rings. The maximum absolute atomic E-state index is 12.9. The first-order valence-electron chi connectivity index (χ1n) is 4.60. The van der Waals surface area contributed by atoms with Gasteiger partial charge in [0.05, 0.1) is 21.4 Å². The lowest BCUT2D eigenvalue weighted by Crippen LogP contribution is -1.92. The van der Waals surface area contributed by atoms with Gasteiger partial charge >= 0.3 is 0 Å². The van der Waals surface area contributed by atoms with E-state index in [4.69, 9.17) is 22.1 Å². The molecule has 1 heterocycles. The number of pyridine rings is 1. The number of nitrogens with two attached hydrogens (primary N) is 1. The number of ether oxygens (including phenoxy) is 1. The summed E-state index contributed by atoms with van der Waals surface area (Å²) in [4.78, 5) is 3.99. The lowest BCUT2D eigenvalue weighted by Gasteiger charge is -2.07. The Labute approximate surface area is 110 Å². The SMILES string of the molecule is Nc1cnc(Oc2ccc(F)c(Cl)c2)c(Br)c1. The van der Waals surface area contributed by atoms with Gasteiger partial charge in [-0.2, -0.15) is 0 Å². The highest BCUT2D eigenvalue weighted by molar-refractivity contribution is 9.10. The summed E-state index contributed by atoms with van der Waals surface area (Å²) in [7, 11) is 0. The number of anilines is 1. The zero-order chi connectivity index (χ0) is 12.4. The van der Waals surface area contributed by atoms with E-state index in [1.807, 2.05) is 0 Å². The molecule has 17 heavy (non-hydrogen) atoms. The van der Waals surface area contributed by atoms with E-state index < -0.39 is 5.82 Å². The normalized spacial score (nSPS) is 10.3. The number of aromatic nitrogens is 1. The van der Waals surface area contributed by atoms with Crippen LogP contribution >= 0.6 is 27.5 Å². The van der Waals surface area contributed by atoms with Crippen molar-refractivity contribution < 1.29 is 9.13 Å². The fraction of sp³-hybridized carbons (Fsp3) is 0. The molecule has 2 rings (SSSR count). The fourth-order valence-corrected chi connectivity index (χ4v) is 1.79. The van der Waals surface area contributed by atoms with Gasteiger partial charge in [-0.15, -0.1) is 0 Å². The van der Waals surface area contributed by atoms with Crippen molar-refractivity contribution in [2.75, 3.05) is 5.73 Å². The summed E-state index contributed by atoms with van der Waals surface area (Å²) in [5.74, 6) is 0.236. The van der Waals surface area contributed by atoms with Crippen LogP contribution in [0.25, 0.3) is 0 Å². The van der Waals surface area contributed by atoms with E-state index in [1.54, 1.807) is 6.07 Å². The number of rotatable bonds is 2. The van der Waals surface area contributed by atoms with Crippen molar-refractivity contribution in [1.29, 1.82) is 0 Å². The van der Waals surface area contributed by atoms with Gasteiger partial charge in [0.2, 0.25) is 5.88 Å². The molecule has 2 aromatic rings. The quantitative estimate of drug-likeness (QED) is 0.910. The van der Waals surface area contributed by atoms with E-state index in [-0.39, 0.29) is 5.02 Å². The predicted molar refractivity (Wildman–Crippen MR) is 67.8 cm³/mol. The van der Waals surface area contributed by atoms with E-state index >= 15 is 0 Å². The molecule has 0 saturated carbocycles. The van der Waals surface area contributed by atoms with Crippen LogP contribution in [0.5, 0.6) is 11.6 Å². The zero-order valence-electron chi connectivity index (χ0n) is 8.45. The van der Waals surface area contributed by atoms with Crippen LogP contribution in [0.15, 0.2) is 34.9 Å².